The first-order valence-corrected chi connectivity index (χ1v) is 8.49. The Morgan fingerprint density at radius 2 is 2.04 bits per heavy atom. The molecule has 1 aliphatic rings. The first-order valence-electron chi connectivity index (χ1n) is 8.49. The van der Waals surface area contributed by atoms with Crippen LogP contribution in [0.4, 0.5) is 0 Å². The third kappa shape index (κ3) is 3.43. The minimum Gasteiger partial charge on any atom is -0.462 e. The van der Waals surface area contributed by atoms with Crippen LogP contribution in [-0.4, -0.2) is 30.1 Å². The summed E-state index contributed by atoms with van der Waals surface area (Å²) < 4.78 is 6.62. The first-order chi connectivity index (χ1) is 12.1. The SMILES string of the molecule is CCOC(=O)C1=C(C)Cc2c1c(C#CC(C)(C)C(=O)NC)cn(C)c2=O. The molecule has 26 heavy (non-hydrogen) atoms. The number of hydrogen-bond donors (Lipinski definition) is 1. The largest absolute Gasteiger partial charge is 0.462 e. The third-order valence-corrected chi connectivity index (χ3v) is 4.38. The minimum atomic E-state index is -0.905. The van der Waals surface area contributed by atoms with Crippen LogP contribution in [0.25, 0.3) is 5.57 Å². The lowest BCUT2D eigenvalue weighted by Gasteiger charge is -2.15. The number of carbonyl (C=O) groups excluding carboxylic acids is 2. The fourth-order valence-electron chi connectivity index (χ4n) is 2.98. The predicted octanol–water partition coefficient (Wildman–Crippen LogP) is 1.40. The van der Waals surface area contributed by atoms with E-state index in [0.29, 0.717) is 28.7 Å². The number of amides is 1. The summed E-state index contributed by atoms with van der Waals surface area (Å²) in [5, 5.41) is 2.59. The molecule has 0 aromatic carbocycles. The molecule has 6 nitrogen and oxygen atoms in total. The number of allylic oxidation sites excluding steroid dienone is 1. The van der Waals surface area contributed by atoms with Crippen molar-refractivity contribution in [3.8, 4) is 11.8 Å². The molecule has 0 unspecified atom stereocenters. The number of nitrogens with one attached hydrogen (secondary N) is 1. The Morgan fingerprint density at radius 1 is 1.38 bits per heavy atom. The van der Waals surface area contributed by atoms with Crippen molar-refractivity contribution in [1.82, 2.24) is 9.88 Å². The van der Waals surface area contributed by atoms with Crippen molar-refractivity contribution in [3.63, 3.8) is 0 Å². The molecule has 2 rings (SSSR count). The average Bonchev–Trinajstić information content (AvgIpc) is 2.93. The Hall–Kier alpha value is -2.81. The fraction of sp³-hybridized carbons (Fsp3) is 0.450. The van der Waals surface area contributed by atoms with Gasteiger partial charge in [0.05, 0.1) is 12.2 Å². The monoisotopic (exact) mass is 356 g/mol. The maximum Gasteiger partial charge on any atom is 0.338 e. The number of aryl methyl sites for hydroxylation is 1. The van der Waals surface area contributed by atoms with E-state index in [1.54, 1.807) is 41.1 Å². The van der Waals surface area contributed by atoms with Gasteiger partial charge in [0.15, 0.2) is 0 Å². The molecule has 0 spiro atoms. The van der Waals surface area contributed by atoms with E-state index in [-0.39, 0.29) is 18.1 Å². The van der Waals surface area contributed by atoms with Gasteiger partial charge >= 0.3 is 5.97 Å². The Bertz CT molecular complexity index is 924. The molecule has 1 N–H and O–H groups in total. The Balaban J connectivity index is 2.67. The van der Waals surface area contributed by atoms with Crippen molar-refractivity contribution in [2.24, 2.45) is 12.5 Å². The van der Waals surface area contributed by atoms with Gasteiger partial charge in [-0.3, -0.25) is 9.59 Å². The molecule has 138 valence electrons. The summed E-state index contributed by atoms with van der Waals surface area (Å²) in [5.74, 6) is 5.30. The second kappa shape index (κ2) is 7.20. The molecule has 6 heteroatoms. The van der Waals surface area contributed by atoms with Crippen LogP contribution in [0, 0.1) is 17.3 Å². The summed E-state index contributed by atoms with van der Waals surface area (Å²) in [4.78, 5) is 36.9. The minimum absolute atomic E-state index is 0.158. The quantitative estimate of drug-likeness (QED) is 0.656. The summed E-state index contributed by atoms with van der Waals surface area (Å²) in [6, 6.07) is 0. The van der Waals surface area contributed by atoms with Crippen LogP contribution in [0.2, 0.25) is 0 Å². The number of carbonyl (C=O) groups is 2. The molecule has 1 aromatic rings. The molecule has 0 saturated heterocycles. The van der Waals surface area contributed by atoms with Crippen LogP contribution in [-0.2, 0) is 27.8 Å². The molecular weight excluding hydrogens is 332 g/mol. The zero-order valence-electron chi connectivity index (χ0n) is 16.1. The third-order valence-electron chi connectivity index (χ3n) is 4.38. The van der Waals surface area contributed by atoms with Gasteiger partial charge in [-0.05, 0) is 27.7 Å². The van der Waals surface area contributed by atoms with E-state index in [1.165, 1.54) is 4.57 Å². The van der Waals surface area contributed by atoms with Crippen molar-refractivity contribution < 1.29 is 14.3 Å². The number of ether oxygens (including phenoxy) is 1. The number of nitrogens with zero attached hydrogens (tertiary/aromatic N) is 1. The van der Waals surface area contributed by atoms with Crippen molar-refractivity contribution in [3.05, 3.63) is 38.8 Å². The Morgan fingerprint density at radius 3 is 2.62 bits per heavy atom. The molecule has 0 bridgehead atoms. The zero-order chi connectivity index (χ0) is 19.6. The summed E-state index contributed by atoms with van der Waals surface area (Å²) in [6.07, 6.45) is 2.00. The van der Waals surface area contributed by atoms with E-state index in [1.807, 2.05) is 6.92 Å². The van der Waals surface area contributed by atoms with Gasteiger partial charge in [-0.15, -0.1) is 0 Å². The van der Waals surface area contributed by atoms with Gasteiger partial charge in [0, 0.05) is 43.4 Å². The summed E-state index contributed by atoms with van der Waals surface area (Å²) in [7, 11) is 3.20. The van der Waals surface area contributed by atoms with E-state index in [0.717, 1.165) is 5.57 Å². The van der Waals surface area contributed by atoms with Gasteiger partial charge in [0.25, 0.3) is 5.56 Å². The van der Waals surface area contributed by atoms with Gasteiger partial charge in [-0.2, -0.15) is 0 Å². The van der Waals surface area contributed by atoms with E-state index >= 15 is 0 Å². The lowest BCUT2D eigenvalue weighted by molar-refractivity contribution is -0.136. The van der Waals surface area contributed by atoms with Crippen LogP contribution < -0.4 is 10.9 Å². The molecule has 0 aliphatic heterocycles. The number of fused-ring (bicyclic) bond motifs is 1. The van der Waals surface area contributed by atoms with Crippen LogP contribution in [0.15, 0.2) is 16.6 Å². The van der Waals surface area contributed by atoms with Crippen molar-refractivity contribution in [1.29, 1.82) is 0 Å². The van der Waals surface area contributed by atoms with Crippen molar-refractivity contribution in [2.45, 2.75) is 34.1 Å². The molecule has 1 heterocycles. The van der Waals surface area contributed by atoms with Crippen LogP contribution in [0.1, 0.15) is 44.4 Å². The van der Waals surface area contributed by atoms with Crippen molar-refractivity contribution >= 4 is 17.4 Å². The van der Waals surface area contributed by atoms with Gasteiger partial charge < -0.3 is 14.6 Å². The van der Waals surface area contributed by atoms with Crippen LogP contribution in [0.3, 0.4) is 0 Å². The van der Waals surface area contributed by atoms with Gasteiger partial charge in [-0.25, -0.2) is 4.79 Å². The number of rotatable bonds is 3. The number of pyridine rings is 1. The maximum atomic E-state index is 12.5. The van der Waals surface area contributed by atoms with Crippen molar-refractivity contribution in [2.75, 3.05) is 13.7 Å². The lowest BCUT2D eigenvalue weighted by Crippen LogP contribution is -2.33. The highest BCUT2D eigenvalue weighted by atomic mass is 16.5. The van der Waals surface area contributed by atoms with E-state index in [2.05, 4.69) is 17.2 Å². The molecule has 0 atom stereocenters. The van der Waals surface area contributed by atoms with E-state index in [4.69, 9.17) is 4.74 Å². The fourth-order valence-corrected chi connectivity index (χ4v) is 2.98. The normalized spacial score (nSPS) is 13.0. The molecule has 1 amide bonds. The number of aromatic nitrogens is 1. The molecule has 0 radical (unpaired) electrons. The molecule has 1 aliphatic carbocycles. The van der Waals surface area contributed by atoms with Crippen LogP contribution in [0.5, 0.6) is 0 Å². The van der Waals surface area contributed by atoms with E-state index in [9.17, 15) is 14.4 Å². The molecule has 1 aromatic heterocycles. The second-order valence-corrected chi connectivity index (χ2v) is 6.82. The highest BCUT2D eigenvalue weighted by Gasteiger charge is 2.31. The van der Waals surface area contributed by atoms with E-state index < -0.39 is 11.4 Å². The second-order valence-electron chi connectivity index (χ2n) is 6.82. The van der Waals surface area contributed by atoms with Gasteiger partial charge in [-0.1, -0.05) is 17.4 Å². The summed E-state index contributed by atoms with van der Waals surface area (Å²) in [5.41, 5.74) is 1.74. The highest BCUT2D eigenvalue weighted by molar-refractivity contribution is 6.19. The topological polar surface area (TPSA) is 77.4 Å². The highest BCUT2D eigenvalue weighted by Crippen LogP contribution is 2.34. The summed E-state index contributed by atoms with van der Waals surface area (Å²) in [6.45, 7) is 7.24. The number of hydrogen-bond acceptors (Lipinski definition) is 4. The number of esters is 1. The zero-order valence-corrected chi connectivity index (χ0v) is 16.1. The van der Waals surface area contributed by atoms with Crippen LogP contribution >= 0.6 is 0 Å². The lowest BCUT2D eigenvalue weighted by atomic mass is 9.92. The van der Waals surface area contributed by atoms with Gasteiger partial charge in [0.2, 0.25) is 5.91 Å². The smallest absolute Gasteiger partial charge is 0.338 e. The molecular formula is C20H24N2O4. The molecule has 0 fully saturated rings. The average molecular weight is 356 g/mol. The molecule has 0 saturated carbocycles. The first kappa shape index (κ1) is 19.5. The Kier molecular flexibility index (Phi) is 5.41. The standard InChI is InChI=1S/C20H24N2O4/c1-7-26-18(24)15-12(2)10-14-16(15)13(11-22(6)17(14)23)8-9-20(3,4)19(25)21-5/h11H,7,10H2,1-6H3,(H,21,25). The predicted molar refractivity (Wildman–Crippen MR) is 99.3 cm³/mol. The summed E-state index contributed by atoms with van der Waals surface area (Å²) >= 11 is 0. The van der Waals surface area contributed by atoms with Gasteiger partial charge in [0.1, 0.15) is 5.41 Å². The maximum absolute atomic E-state index is 12.5. The Labute approximate surface area is 153 Å².